The molecular weight excluding hydrogens is 248 g/mol. The summed E-state index contributed by atoms with van der Waals surface area (Å²) in [6.45, 7) is 4.31. The van der Waals surface area contributed by atoms with Crippen molar-refractivity contribution in [3.8, 4) is 11.1 Å². The van der Waals surface area contributed by atoms with Crippen molar-refractivity contribution in [2.75, 3.05) is 5.73 Å². The Morgan fingerprint density at radius 2 is 1.75 bits per heavy atom. The first-order chi connectivity index (χ1) is 9.72. The Bertz CT molecular complexity index is 528. The van der Waals surface area contributed by atoms with Gasteiger partial charge < -0.3 is 10.3 Å². The van der Waals surface area contributed by atoms with Crippen LogP contribution in [0.2, 0.25) is 0 Å². The molecule has 0 aliphatic rings. The monoisotopic (exact) mass is 272 g/mol. The lowest BCUT2D eigenvalue weighted by molar-refractivity contribution is 0.426. The number of rotatable bonds is 7. The van der Waals surface area contributed by atoms with Gasteiger partial charge in [0, 0.05) is 0 Å². The van der Waals surface area contributed by atoms with E-state index in [-0.39, 0.29) is 0 Å². The first-order valence-corrected chi connectivity index (χ1v) is 7.53. The molecule has 0 aliphatic carbocycles. The molecule has 1 aromatic heterocycles. The van der Waals surface area contributed by atoms with E-state index in [9.17, 15) is 0 Å². The zero-order valence-corrected chi connectivity index (χ0v) is 12.5. The number of aryl methyl sites for hydroxylation is 2. The maximum atomic E-state index is 5.93. The van der Waals surface area contributed by atoms with Gasteiger partial charge in [0.1, 0.15) is 0 Å². The average molecular weight is 272 g/mol. The van der Waals surface area contributed by atoms with Crippen molar-refractivity contribution in [2.24, 2.45) is 0 Å². The van der Waals surface area contributed by atoms with Gasteiger partial charge in [-0.25, -0.2) is 0 Å². The number of unbranched alkanes of at least 4 members (excludes halogenated alkanes) is 4. The van der Waals surface area contributed by atoms with Crippen LogP contribution in [-0.4, -0.2) is 5.16 Å². The topological polar surface area (TPSA) is 52.0 Å². The van der Waals surface area contributed by atoms with E-state index in [1.807, 2.05) is 0 Å². The van der Waals surface area contributed by atoms with E-state index in [0.29, 0.717) is 5.88 Å². The van der Waals surface area contributed by atoms with Crippen molar-refractivity contribution < 1.29 is 4.52 Å². The summed E-state index contributed by atoms with van der Waals surface area (Å²) in [5, 5.41) is 4.13. The summed E-state index contributed by atoms with van der Waals surface area (Å²) in [4.78, 5) is 0. The molecule has 0 saturated carbocycles. The van der Waals surface area contributed by atoms with E-state index in [1.165, 1.54) is 31.2 Å². The molecule has 0 saturated heterocycles. The number of benzene rings is 1. The number of nitrogens with zero attached hydrogens (tertiary/aromatic N) is 1. The zero-order chi connectivity index (χ0) is 14.4. The maximum Gasteiger partial charge on any atom is 0.230 e. The number of hydrogen-bond acceptors (Lipinski definition) is 3. The van der Waals surface area contributed by atoms with Gasteiger partial charge in [-0.1, -0.05) is 67.6 Å². The van der Waals surface area contributed by atoms with Crippen LogP contribution >= 0.6 is 0 Å². The fourth-order valence-electron chi connectivity index (χ4n) is 2.43. The molecule has 0 fully saturated rings. The van der Waals surface area contributed by atoms with Gasteiger partial charge in [-0.3, -0.25) is 0 Å². The first-order valence-electron chi connectivity index (χ1n) is 7.53. The zero-order valence-electron chi connectivity index (χ0n) is 12.5. The van der Waals surface area contributed by atoms with Crippen molar-refractivity contribution in [3.05, 3.63) is 35.5 Å². The molecule has 1 heterocycles. The van der Waals surface area contributed by atoms with E-state index >= 15 is 0 Å². The number of nitrogens with two attached hydrogens (primary N) is 1. The Labute approximate surface area is 121 Å². The van der Waals surface area contributed by atoms with Gasteiger partial charge in [-0.2, -0.15) is 0 Å². The normalized spacial score (nSPS) is 10.9. The van der Waals surface area contributed by atoms with Gasteiger partial charge >= 0.3 is 0 Å². The molecule has 2 rings (SSSR count). The molecule has 0 unspecified atom stereocenters. The van der Waals surface area contributed by atoms with Gasteiger partial charge in [-0.15, -0.1) is 0 Å². The highest BCUT2D eigenvalue weighted by molar-refractivity contribution is 5.75. The van der Waals surface area contributed by atoms with Crippen LogP contribution < -0.4 is 5.73 Å². The van der Waals surface area contributed by atoms with Crippen LogP contribution in [0, 0.1) is 6.92 Å². The standard InChI is InChI=1S/C17H24N2O/c1-3-4-5-6-7-8-15-16(17(18)20-19-15)14-11-9-13(2)10-12-14/h9-12H,3-8,18H2,1-2H3. The lowest BCUT2D eigenvalue weighted by Crippen LogP contribution is -1.92. The third kappa shape index (κ3) is 3.62. The van der Waals surface area contributed by atoms with Crippen molar-refractivity contribution >= 4 is 5.88 Å². The summed E-state index contributed by atoms with van der Waals surface area (Å²) in [5.74, 6) is 0.428. The fourth-order valence-corrected chi connectivity index (χ4v) is 2.43. The smallest absolute Gasteiger partial charge is 0.230 e. The molecule has 1 aromatic carbocycles. The third-order valence-corrected chi connectivity index (χ3v) is 3.65. The van der Waals surface area contributed by atoms with Crippen LogP contribution in [0.1, 0.15) is 50.3 Å². The molecule has 20 heavy (non-hydrogen) atoms. The Hall–Kier alpha value is -1.77. The van der Waals surface area contributed by atoms with Crippen molar-refractivity contribution in [2.45, 2.75) is 52.4 Å². The lowest BCUT2D eigenvalue weighted by atomic mass is 10.0. The van der Waals surface area contributed by atoms with Gasteiger partial charge in [0.15, 0.2) is 0 Å². The van der Waals surface area contributed by atoms with Crippen LogP contribution in [0.15, 0.2) is 28.8 Å². The quantitative estimate of drug-likeness (QED) is 0.740. The van der Waals surface area contributed by atoms with Gasteiger partial charge in [0.25, 0.3) is 0 Å². The predicted molar refractivity (Wildman–Crippen MR) is 83.6 cm³/mol. The van der Waals surface area contributed by atoms with E-state index in [4.69, 9.17) is 10.3 Å². The number of aromatic nitrogens is 1. The van der Waals surface area contributed by atoms with Crippen LogP contribution in [0.3, 0.4) is 0 Å². The van der Waals surface area contributed by atoms with E-state index < -0.39 is 0 Å². The highest BCUT2D eigenvalue weighted by Crippen LogP contribution is 2.30. The van der Waals surface area contributed by atoms with Crippen LogP contribution in [0.5, 0.6) is 0 Å². The number of nitrogen functional groups attached to an aromatic ring is 1. The van der Waals surface area contributed by atoms with Crippen LogP contribution in [0.4, 0.5) is 5.88 Å². The molecule has 108 valence electrons. The Kier molecular flexibility index (Phi) is 5.22. The summed E-state index contributed by atoms with van der Waals surface area (Å²) in [5.41, 5.74) is 10.2. The number of anilines is 1. The molecule has 3 nitrogen and oxygen atoms in total. The summed E-state index contributed by atoms with van der Waals surface area (Å²) >= 11 is 0. The van der Waals surface area contributed by atoms with Gasteiger partial charge in [-0.05, 0) is 25.3 Å². The maximum absolute atomic E-state index is 5.93. The summed E-state index contributed by atoms with van der Waals surface area (Å²) in [6, 6.07) is 8.34. The Morgan fingerprint density at radius 3 is 2.45 bits per heavy atom. The number of hydrogen-bond donors (Lipinski definition) is 1. The minimum atomic E-state index is 0.428. The minimum absolute atomic E-state index is 0.428. The molecule has 2 N–H and O–H groups in total. The SMILES string of the molecule is CCCCCCCc1noc(N)c1-c1ccc(C)cc1. The van der Waals surface area contributed by atoms with Gasteiger partial charge in [0.05, 0.1) is 11.3 Å². The molecule has 3 heteroatoms. The first kappa shape index (κ1) is 14.6. The highest BCUT2D eigenvalue weighted by Gasteiger charge is 2.15. The molecule has 0 aliphatic heterocycles. The third-order valence-electron chi connectivity index (χ3n) is 3.65. The van der Waals surface area contributed by atoms with Crippen LogP contribution in [0.25, 0.3) is 11.1 Å². The molecule has 0 bridgehead atoms. The Morgan fingerprint density at radius 1 is 1.05 bits per heavy atom. The molecule has 2 aromatic rings. The Balaban J connectivity index is 2.05. The van der Waals surface area contributed by atoms with E-state index in [0.717, 1.165) is 29.7 Å². The van der Waals surface area contributed by atoms with Crippen molar-refractivity contribution in [3.63, 3.8) is 0 Å². The molecular formula is C17H24N2O. The predicted octanol–water partition coefficient (Wildman–Crippen LogP) is 4.75. The van der Waals surface area contributed by atoms with Gasteiger partial charge in [0.2, 0.25) is 5.88 Å². The van der Waals surface area contributed by atoms with Crippen LogP contribution in [-0.2, 0) is 6.42 Å². The molecule has 0 radical (unpaired) electrons. The fraction of sp³-hybridized carbons (Fsp3) is 0.471. The molecule has 0 amide bonds. The lowest BCUT2D eigenvalue weighted by Gasteiger charge is -2.03. The van der Waals surface area contributed by atoms with E-state index in [2.05, 4.69) is 43.3 Å². The second kappa shape index (κ2) is 7.13. The average Bonchev–Trinajstić information content (AvgIpc) is 2.81. The summed E-state index contributed by atoms with van der Waals surface area (Å²) in [7, 11) is 0. The van der Waals surface area contributed by atoms with Crippen molar-refractivity contribution in [1.29, 1.82) is 0 Å². The highest BCUT2D eigenvalue weighted by atomic mass is 16.5. The molecule has 0 spiro atoms. The summed E-state index contributed by atoms with van der Waals surface area (Å²) < 4.78 is 5.19. The second-order valence-corrected chi connectivity index (χ2v) is 5.40. The van der Waals surface area contributed by atoms with Crippen molar-refractivity contribution in [1.82, 2.24) is 5.16 Å². The largest absolute Gasteiger partial charge is 0.367 e. The summed E-state index contributed by atoms with van der Waals surface area (Å²) in [6.07, 6.45) is 7.20. The van der Waals surface area contributed by atoms with E-state index in [1.54, 1.807) is 0 Å². The minimum Gasteiger partial charge on any atom is -0.367 e. The molecule has 0 atom stereocenters. The second-order valence-electron chi connectivity index (χ2n) is 5.40.